The minimum atomic E-state index is -0.437. The third-order valence-electron chi connectivity index (χ3n) is 3.05. The Labute approximate surface area is 99.9 Å². The van der Waals surface area contributed by atoms with E-state index in [4.69, 9.17) is 0 Å². The molecule has 0 radical (unpaired) electrons. The minimum absolute atomic E-state index is 0.0688. The molecule has 1 heterocycles. The van der Waals surface area contributed by atoms with Crippen molar-refractivity contribution in [2.75, 3.05) is 13.1 Å². The highest BCUT2D eigenvalue weighted by Gasteiger charge is 2.22. The van der Waals surface area contributed by atoms with Crippen LogP contribution in [0.15, 0.2) is 24.3 Å². The fourth-order valence-corrected chi connectivity index (χ4v) is 2.10. The zero-order valence-corrected chi connectivity index (χ0v) is 9.60. The van der Waals surface area contributed by atoms with Crippen LogP contribution in [0, 0.1) is 5.82 Å². The Morgan fingerprint density at radius 2 is 2.24 bits per heavy atom. The number of likely N-dealkylation sites (tertiary alicyclic amines) is 1. The summed E-state index contributed by atoms with van der Waals surface area (Å²) < 4.78 is 13.4. The number of hydrogen-bond acceptors (Lipinski definition) is 2. The molecule has 1 amide bonds. The summed E-state index contributed by atoms with van der Waals surface area (Å²) in [5, 5.41) is 9.48. The van der Waals surface area contributed by atoms with Crippen molar-refractivity contribution in [2.45, 2.75) is 25.4 Å². The Bertz CT molecular complexity index is 408. The van der Waals surface area contributed by atoms with Crippen molar-refractivity contribution >= 4 is 5.91 Å². The van der Waals surface area contributed by atoms with Gasteiger partial charge < -0.3 is 10.0 Å². The van der Waals surface area contributed by atoms with Crippen molar-refractivity contribution in [2.24, 2.45) is 0 Å². The fourth-order valence-electron chi connectivity index (χ4n) is 2.10. The van der Waals surface area contributed by atoms with Crippen molar-refractivity contribution in [3.63, 3.8) is 0 Å². The van der Waals surface area contributed by atoms with Crippen LogP contribution in [0.3, 0.4) is 0 Å². The molecule has 1 fully saturated rings. The molecule has 0 bridgehead atoms. The van der Waals surface area contributed by atoms with E-state index in [1.165, 1.54) is 6.07 Å². The molecular weight excluding hydrogens is 221 g/mol. The Morgan fingerprint density at radius 1 is 1.47 bits per heavy atom. The van der Waals surface area contributed by atoms with Crippen molar-refractivity contribution in [1.29, 1.82) is 0 Å². The second-order valence-electron chi connectivity index (χ2n) is 4.40. The van der Waals surface area contributed by atoms with Crippen LogP contribution in [0.1, 0.15) is 18.4 Å². The SMILES string of the molecule is O=C(Cc1ccccc1F)N1CCCC(O)C1. The number of aliphatic hydroxyl groups is 1. The molecule has 17 heavy (non-hydrogen) atoms. The first kappa shape index (κ1) is 12.0. The van der Waals surface area contributed by atoms with Crippen LogP contribution in [-0.4, -0.2) is 35.1 Å². The maximum Gasteiger partial charge on any atom is 0.227 e. The molecule has 1 aromatic rings. The molecule has 1 saturated heterocycles. The van der Waals surface area contributed by atoms with Crippen LogP contribution in [0.25, 0.3) is 0 Å². The standard InChI is InChI=1S/C13H16FNO2/c14-12-6-2-1-4-10(12)8-13(17)15-7-3-5-11(16)9-15/h1-2,4,6,11,16H,3,5,7-9H2. The molecule has 92 valence electrons. The third kappa shape index (κ3) is 3.03. The van der Waals surface area contributed by atoms with Gasteiger partial charge in [-0.05, 0) is 24.5 Å². The number of piperidine rings is 1. The van der Waals surface area contributed by atoms with E-state index < -0.39 is 6.10 Å². The number of nitrogens with zero attached hydrogens (tertiary/aromatic N) is 1. The monoisotopic (exact) mass is 237 g/mol. The lowest BCUT2D eigenvalue weighted by atomic mass is 10.1. The van der Waals surface area contributed by atoms with Crippen molar-refractivity contribution in [1.82, 2.24) is 4.90 Å². The Hall–Kier alpha value is -1.42. The van der Waals surface area contributed by atoms with E-state index in [2.05, 4.69) is 0 Å². The number of β-amino-alcohol motifs (C(OH)–C–C–N with tert-alkyl or cyclic N) is 1. The zero-order valence-electron chi connectivity index (χ0n) is 9.60. The molecule has 1 unspecified atom stereocenters. The van der Waals surface area contributed by atoms with Gasteiger partial charge >= 0.3 is 0 Å². The molecule has 0 saturated carbocycles. The van der Waals surface area contributed by atoms with Gasteiger partial charge in [0.15, 0.2) is 0 Å². The predicted molar refractivity (Wildman–Crippen MR) is 61.9 cm³/mol. The van der Waals surface area contributed by atoms with Gasteiger partial charge in [-0.25, -0.2) is 4.39 Å². The highest BCUT2D eigenvalue weighted by molar-refractivity contribution is 5.79. The summed E-state index contributed by atoms with van der Waals surface area (Å²) in [6.07, 6.45) is 1.18. The van der Waals surface area contributed by atoms with Crippen LogP contribution in [-0.2, 0) is 11.2 Å². The minimum Gasteiger partial charge on any atom is -0.391 e. The number of rotatable bonds is 2. The van der Waals surface area contributed by atoms with E-state index >= 15 is 0 Å². The highest BCUT2D eigenvalue weighted by Crippen LogP contribution is 2.13. The highest BCUT2D eigenvalue weighted by atomic mass is 19.1. The summed E-state index contributed by atoms with van der Waals surface area (Å²) in [7, 11) is 0. The van der Waals surface area contributed by atoms with Crippen LogP contribution >= 0.6 is 0 Å². The van der Waals surface area contributed by atoms with Gasteiger partial charge in [0.1, 0.15) is 5.82 Å². The lowest BCUT2D eigenvalue weighted by molar-refractivity contribution is -0.133. The van der Waals surface area contributed by atoms with Gasteiger partial charge in [0, 0.05) is 13.1 Å². The molecule has 1 aliphatic heterocycles. The molecule has 1 aromatic carbocycles. The first-order valence-electron chi connectivity index (χ1n) is 5.86. The number of carbonyl (C=O) groups excluding carboxylic acids is 1. The molecule has 3 nitrogen and oxygen atoms in total. The number of hydrogen-bond donors (Lipinski definition) is 1. The van der Waals surface area contributed by atoms with E-state index in [-0.39, 0.29) is 18.1 Å². The molecule has 0 aromatic heterocycles. The van der Waals surface area contributed by atoms with Crippen LogP contribution in [0.2, 0.25) is 0 Å². The zero-order chi connectivity index (χ0) is 12.3. The Morgan fingerprint density at radius 3 is 2.94 bits per heavy atom. The summed E-state index contributed by atoms with van der Waals surface area (Å²) in [5.41, 5.74) is 0.414. The summed E-state index contributed by atoms with van der Waals surface area (Å²) in [6, 6.07) is 6.30. The number of amides is 1. The fraction of sp³-hybridized carbons (Fsp3) is 0.462. The number of carbonyl (C=O) groups is 1. The van der Waals surface area contributed by atoms with Gasteiger partial charge in [0.2, 0.25) is 5.91 Å². The normalized spacial score (nSPS) is 20.4. The number of halogens is 1. The van der Waals surface area contributed by atoms with Crippen molar-refractivity contribution in [3.8, 4) is 0 Å². The van der Waals surface area contributed by atoms with Crippen molar-refractivity contribution < 1.29 is 14.3 Å². The van der Waals surface area contributed by atoms with Crippen LogP contribution < -0.4 is 0 Å². The van der Waals surface area contributed by atoms with Gasteiger partial charge in [0.25, 0.3) is 0 Å². The largest absolute Gasteiger partial charge is 0.391 e. The van der Waals surface area contributed by atoms with Crippen LogP contribution in [0.4, 0.5) is 4.39 Å². The first-order valence-corrected chi connectivity index (χ1v) is 5.86. The molecule has 4 heteroatoms. The molecule has 1 aliphatic rings. The summed E-state index contributed by atoms with van der Waals surface area (Å²) in [5.74, 6) is -0.466. The third-order valence-corrected chi connectivity index (χ3v) is 3.05. The summed E-state index contributed by atoms with van der Waals surface area (Å²) >= 11 is 0. The second kappa shape index (κ2) is 5.27. The van der Waals surface area contributed by atoms with Crippen molar-refractivity contribution in [3.05, 3.63) is 35.6 Å². The van der Waals surface area contributed by atoms with E-state index in [9.17, 15) is 14.3 Å². The number of benzene rings is 1. The van der Waals surface area contributed by atoms with Gasteiger partial charge in [-0.1, -0.05) is 18.2 Å². The lowest BCUT2D eigenvalue weighted by Crippen LogP contribution is -2.42. The van der Waals surface area contributed by atoms with Gasteiger partial charge in [0.05, 0.1) is 12.5 Å². The van der Waals surface area contributed by atoms with E-state index in [0.717, 1.165) is 12.8 Å². The maximum absolute atomic E-state index is 13.4. The average Bonchev–Trinajstić information content (AvgIpc) is 2.32. The summed E-state index contributed by atoms with van der Waals surface area (Å²) in [6.45, 7) is 1.03. The first-order chi connectivity index (χ1) is 8.16. The van der Waals surface area contributed by atoms with Gasteiger partial charge in [-0.15, -0.1) is 0 Å². The molecule has 1 N–H and O–H groups in total. The maximum atomic E-state index is 13.4. The smallest absolute Gasteiger partial charge is 0.227 e. The Balaban J connectivity index is 1.99. The van der Waals surface area contributed by atoms with Crippen LogP contribution in [0.5, 0.6) is 0 Å². The Kier molecular flexibility index (Phi) is 3.74. The summed E-state index contributed by atoms with van der Waals surface area (Å²) in [4.78, 5) is 13.5. The van der Waals surface area contributed by atoms with E-state index in [1.54, 1.807) is 23.1 Å². The molecular formula is C13H16FNO2. The van der Waals surface area contributed by atoms with Gasteiger partial charge in [-0.3, -0.25) is 4.79 Å². The molecule has 1 atom stereocenters. The second-order valence-corrected chi connectivity index (χ2v) is 4.40. The lowest BCUT2D eigenvalue weighted by Gasteiger charge is -2.30. The average molecular weight is 237 g/mol. The predicted octanol–water partition coefficient (Wildman–Crippen LogP) is 1.35. The molecule has 2 rings (SSSR count). The van der Waals surface area contributed by atoms with E-state index in [1.807, 2.05) is 0 Å². The topological polar surface area (TPSA) is 40.5 Å². The van der Waals surface area contributed by atoms with E-state index in [0.29, 0.717) is 18.7 Å². The van der Waals surface area contributed by atoms with Gasteiger partial charge in [-0.2, -0.15) is 0 Å². The molecule has 0 aliphatic carbocycles. The quantitative estimate of drug-likeness (QED) is 0.843. The number of aliphatic hydroxyl groups excluding tert-OH is 1. The molecule has 0 spiro atoms.